The molecule has 2 fully saturated rings. The predicted octanol–water partition coefficient (Wildman–Crippen LogP) is 4.11. The minimum absolute atomic E-state index is 0.00609. The number of aromatic nitrogens is 1. The number of carbonyl (C=O) groups excluding carboxylic acids is 2. The number of pyridine rings is 1. The molecule has 1 spiro atoms. The van der Waals surface area contributed by atoms with E-state index in [0.717, 1.165) is 43.5 Å². The Balaban J connectivity index is 1.52. The lowest BCUT2D eigenvalue weighted by molar-refractivity contribution is -0.136. The Kier molecular flexibility index (Phi) is 6.89. The summed E-state index contributed by atoms with van der Waals surface area (Å²) in [7, 11) is 0. The maximum Gasteiger partial charge on any atom is 0.327 e. The van der Waals surface area contributed by atoms with Crippen LogP contribution in [0.1, 0.15) is 50.7 Å². The Morgan fingerprint density at radius 2 is 1.75 bits per heavy atom. The minimum Gasteiger partial charge on any atom is -0.305 e. The summed E-state index contributed by atoms with van der Waals surface area (Å²) in [6.45, 7) is 7.07. The summed E-state index contributed by atoms with van der Waals surface area (Å²) in [5.41, 5.74) is 1.48. The number of rotatable bonds is 8. The smallest absolute Gasteiger partial charge is 0.305 e. The highest BCUT2D eigenvalue weighted by molar-refractivity contribution is 6.07. The average Bonchev–Trinajstić information content (AvgIpc) is 3.02. The van der Waals surface area contributed by atoms with Crippen LogP contribution in [0.3, 0.4) is 0 Å². The Hall–Kier alpha value is -2.73. The molecular formula is C26H34N4O2. The Labute approximate surface area is 191 Å². The van der Waals surface area contributed by atoms with Crippen LogP contribution in [0.2, 0.25) is 0 Å². The first kappa shape index (κ1) is 22.5. The van der Waals surface area contributed by atoms with Crippen LogP contribution in [0.15, 0.2) is 54.9 Å². The Bertz CT molecular complexity index is 910. The molecule has 3 amide bonds. The number of likely N-dealkylation sites (tertiary alicyclic amines) is 1. The second kappa shape index (κ2) is 9.82. The molecule has 170 valence electrons. The summed E-state index contributed by atoms with van der Waals surface area (Å²) in [5, 5.41) is 0. The zero-order chi connectivity index (χ0) is 22.6. The van der Waals surface area contributed by atoms with E-state index in [-0.39, 0.29) is 11.9 Å². The van der Waals surface area contributed by atoms with E-state index >= 15 is 0 Å². The van der Waals surface area contributed by atoms with E-state index in [1.807, 2.05) is 53.6 Å². The SMILES string of the molecule is CC[C@@H](C)N1CCC2(CC1)C(=O)N(CCCc1cccnc1)C(=O)N2Cc1ccccc1. The first-order chi connectivity index (χ1) is 15.5. The average molecular weight is 435 g/mol. The van der Waals surface area contributed by atoms with Crippen molar-refractivity contribution in [3.05, 3.63) is 66.0 Å². The van der Waals surface area contributed by atoms with Crippen molar-refractivity contribution in [2.45, 2.75) is 64.1 Å². The zero-order valence-corrected chi connectivity index (χ0v) is 19.2. The van der Waals surface area contributed by atoms with Gasteiger partial charge in [0.2, 0.25) is 0 Å². The molecule has 0 unspecified atom stereocenters. The van der Waals surface area contributed by atoms with Crippen molar-refractivity contribution in [3.63, 3.8) is 0 Å². The van der Waals surface area contributed by atoms with Crippen LogP contribution < -0.4 is 0 Å². The van der Waals surface area contributed by atoms with Gasteiger partial charge in [-0.2, -0.15) is 0 Å². The van der Waals surface area contributed by atoms with Crippen molar-refractivity contribution in [2.24, 2.45) is 0 Å². The van der Waals surface area contributed by atoms with Crippen LogP contribution in [0.25, 0.3) is 0 Å². The standard InChI is InChI=1S/C26H34N4O2/c1-3-21(2)28-17-13-26(14-18-28)24(31)29(16-8-12-22-11-7-15-27-19-22)25(32)30(26)20-23-9-5-4-6-10-23/h4-7,9-11,15,19,21H,3,8,12-14,16-18,20H2,1-2H3/t21-/m1/s1. The fraction of sp³-hybridized carbons (Fsp3) is 0.500. The zero-order valence-electron chi connectivity index (χ0n) is 19.2. The van der Waals surface area contributed by atoms with Gasteiger partial charge in [0.05, 0.1) is 0 Å². The van der Waals surface area contributed by atoms with Crippen molar-refractivity contribution in [1.29, 1.82) is 0 Å². The Morgan fingerprint density at radius 1 is 1.03 bits per heavy atom. The second-order valence-electron chi connectivity index (χ2n) is 9.10. The highest BCUT2D eigenvalue weighted by Gasteiger charge is 2.57. The molecule has 2 aliphatic heterocycles. The molecule has 1 aromatic carbocycles. The van der Waals surface area contributed by atoms with Gasteiger partial charge in [-0.3, -0.25) is 14.7 Å². The van der Waals surface area contributed by atoms with Gasteiger partial charge in [-0.1, -0.05) is 43.3 Å². The molecule has 2 saturated heterocycles. The van der Waals surface area contributed by atoms with E-state index in [4.69, 9.17) is 0 Å². The number of urea groups is 1. The predicted molar refractivity (Wildman–Crippen MR) is 125 cm³/mol. The van der Waals surface area contributed by atoms with Gasteiger partial charge < -0.3 is 9.80 Å². The van der Waals surface area contributed by atoms with E-state index in [1.165, 1.54) is 4.90 Å². The maximum absolute atomic E-state index is 13.7. The molecule has 0 aliphatic carbocycles. The van der Waals surface area contributed by atoms with Crippen molar-refractivity contribution in [1.82, 2.24) is 19.7 Å². The largest absolute Gasteiger partial charge is 0.327 e. The van der Waals surface area contributed by atoms with Crippen molar-refractivity contribution < 1.29 is 9.59 Å². The molecule has 0 saturated carbocycles. The number of hydrogen-bond acceptors (Lipinski definition) is 4. The maximum atomic E-state index is 13.7. The van der Waals surface area contributed by atoms with E-state index in [2.05, 4.69) is 23.7 Å². The lowest BCUT2D eigenvalue weighted by atomic mass is 9.85. The van der Waals surface area contributed by atoms with Crippen LogP contribution in [0.4, 0.5) is 4.79 Å². The van der Waals surface area contributed by atoms with Gasteiger partial charge >= 0.3 is 6.03 Å². The van der Waals surface area contributed by atoms with Crippen molar-refractivity contribution >= 4 is 11.9 Å². The summed E-state index contributed by atoms with van der Waals surface area (Å²) in [6, 6.07) is 14.3. The van der Waals surface area contributed by atoms with E-state index in [1.54, 1.807) is 6.20 Å². The van der Waals surface area contributed by atoms with Crippen LogP contribution in [-0.4, -0.2) is 62.8 Å². The summed E-state index contributed by atoms with van der Waals surface area (Å²) in [6.07, 6.45) is 7.65. The highest BCUT2D eigenvalue weighted by Crippen LogP contribution is 2.39. The molecule has 0 bridgehead atoms. The monoisotopic (exact) mass is 434 g/mol. The van der Waals surface area contributed by atoms with Gasteiger partial charge in [0.25, 0.3) is 5.91 Å². The molecule has 4 rings (SSSR count). The summed E-state index contributed by atoms with van der Waals surface area (Å²) >= 11 is 0. The van der Waals surface area contributed by atoms with Crippen LogP contribution in [-0.2, 0) is 17.8 Å². The third-order valence-electron chi connectivity index (χ3n) is 7.21. The normalized spacial score (nSPS) is 19.7. The molecule has 32 heavy (non-hydrogen) atoms. The van der Waals surface area contributed by atoms with Crippen LogP contribution in [0.5, 0.6) is 0 Å². The molecule has 0 N–H and O–H groups in total. The number of nitrogens with zero attached hydrogens (tertiary/aromatic N) is 4. The molecular weight excluding hydrogens is 400 g/mol. The molecule has 6 nitrogen and oxygen atoms in total. The van der Waals surface area contributed by atoms with E-state index < -0.39 is 5.54 Å². The van der Waals surface area contributed by atoms with Crippen LogP contribution in [0, 0.1) is 0 Å². The number of hydrogen-bond donors (Lipinski definition) is 0. The van der Waals surface area contributed by atoms with Gasteiger partial charge in [-0.25, -0.2) is 4.79 Å². The molecule has 2 aliphatic rings. The molecule has 0 radical (unpaired) electrons. The first-order valence-corrected chi connectivity index (χ1v) is 11.9. The minimum atomic E-state index is -0.717. The Morgan fingerprint density at radius 3 is 2.41 bits per heavy atom. The van der Waals surface area contributed by atoms with Crippen molar-refractivity contribution in [3.8, 4) is 0 Å². The lowest BCUT2D eigenvalue weighted by Crippen LogP contribution is -2.57. The van der Waals surface area contributed by atoms with Gasteiger partial charge in [-0.15, -0.1) is 0 Å². The van der Waals surface area contributed by atoms with Crippen LogP contribution >= 0.6 is 0 Å². The summed E-state index contributed by atoms with van der Waals surface area (Å²) < 4.78 is 0. The molecule has 1 aromatic heterocycles. The number of piperidine rings is 1. The summed E-state index contributed by atoms with van der Waals surface area (Å²) in [5.74, 6) is -0.00609. The van der Waals surface area contributed by atoms with Gasteiger partial charge in [0, 0.05) is 44.6 Å². The molecule has 1 atom stereocenters. The molecule has 6 heteroatoms. The van der Waals surface area contributed by atoms with Gasteiger partial charge in [-0.05, 0) is 56.2 Å². The number of carbonyl (C=O) groups is 2. The highest BCUT2D eigenvalue weighted by atomic mass is 16.2. The van der Waals surface area contributed by atoms with Gasteiger partial charge in [0.1, 0.15) is 5.54 Å². The van der Waals surface area contributed by atoms with E-state index in [0.29, 0.717) is 32.0 Å². The number of imide groups is 1. The van der Waals surface area contributed by atoms with Crippen molar-refractivity contribution in [2.75, 3.05) is 19.6 Å². The van der Waals surface area contributed by atoms with E-state index in [9.17, 15) is 9.59 Å². The second-order valence-corrected chi connectivity index (χ2v) is 9.10. The number of amides is 3. The molecule has 3 heterocycles. The third kappa shape index (κ3) is 4.42. The fourth-order valence-electron chi connectivity index (χ4n) is 5.03. The first-order valence-electron chi connectivity index (χ1n) is 11.9. The third-order valence-corrected chi connectivity index (χ3v) is 7.21. The summed E-state index contributed by atoms with van der Waals surface area (Å²) in [4.78, 5) is 37.2. The quantitative estimate of drug-likeness (QED) is 0.587. The molecule has 2 aromatic rings. The van der Waals surface area contributed by atoms with Gasteiger partial charge in [0.15, 0.2) is 0 Å². The number of aryl methyl sites for hydroxylation is 1. The lowest BCUT2D eigenvalue weighted by Gasteiger charge is -2.44. The topological polar surface area (TPSA) is 56.8 Å². The fourth-order valence-corrected chi connectivity index (χ4v) is 5.03. The number of benzene rings is 1.